The van der Waals surface area contributed by atoms with E-state index >= 15 is 0 Å². The fourth-order valence-electron chi connectivity index (χ4n) is 1.04. The van der Waals surface area contributed by atoms with Gasteiger partial charge >= 0.3 is 0 Å². The highest BCUT2D eigenvalue weighted by Crippen LogP contribution is 2.34. The van der Waals surface area contributed by atoms with E-state index in [2.05, 4.69) is 25.8 Å². The minimum atomic E-state index is 0.130. The molecule has 74 valence electrons. The van der Waals surface area contributed by atoms with Crippen LogP contribution in [0.15, 0.2) is 5.51 Å². The van der Waals surface area contributed by atoms with E-state index in [0.29, 0.717) is 0 Å². The number of hydrogen-bond acceptors (Lipinski definition) is 3. The Bertz CT molecular complexity index is 273. The highest BCUT2D eigenvalue weighted by Gasteiger charge is 2.22. The van der Waals surface area contributed by atoms with Crippen LogP contribution in [0.3, 0.4) is 0 Å². The smallest absolute Gasteiger partial charge is 0.228 e. The molecule has 0 saturated heterocycles. The molecule has 0 fully saturated rings. The molecule has 1 aromatic heterocycles. The van der Waals surface area contributed by atoms with Crippen LogP contribution in [0.25, 0.3) is 0 Å². The van der Waals surface area contributed by atoms with E-state index in [1.807, 2.05) is 19.4 Å². The van der Waals surface area contributed by atoms with Crippen molar-refractivity contribution in [2.24, 2.45) is 0 Å². The summed E-state index contributed by atoms with van der Waals surface area (Å²) in [6.07, 6.45) is 0.197. The van der Waals surface area contributed by atoms with Gasteiger partial charge < -0.3 is 4.74 Å². The average molecular weight is 199 g/mol. The molecule has 0 aromatic carbocycles. The summed E-state index contributed by atoms with van der Waals surface area (Å²) in [6.45, 7) is 10.6. The van der Waals surface area contributed by atoms with Gasteiger partial charge in [-0.1, -0.05) is 20.8 Å². The van der Waals surface area contributed by atoms with Crippen molar-refractivity contribution in [2.45, 2.75) is 46.1 Å². The van der Waals surface area contributed by atoms with Crippen LogP contribution in [0.1, 0.15) is 39.5 Å². The molecule has 0 radical (unpaired) electrons. The molecule has 0 spiro atoms. The molecule has 1 heterocycles. The normalized spacial score (nSPS) is 12.2. The molecule has 0 unspecified atom stereocenters. The van der Waals surface area contributed by atoms with Gasteiger partial charge in [-0.05, 0) is 13.8 Å². The van der Waals surface area contributed by atoms with Crippen LogP contribution in [0.4, 0.5) is 0 Å². The summed E-state index contributed by atoms with van der Waals surface area (Å²) >= 11 is 1.66. The minimum Gasteiger partial charge on any atom is -0.474 e. The summed E-state index contributed by atoms with van der Waals surface area (Å²) in [7, 11) is 0. The van der Waals surface area contributed by atoms with Crippen molar-refractivity contribution in [3.05, 3.63) is 10.4 Å². The second kappa shape index (κ2) is 3.66. The first-order chi connectivity index (χ1) is 5.91. The summed E-state index contributed by atoms with van der Waals surface area (Å²) in [5.41, 5.74) is 1.98. The predicted octanol–water partition coefficient (Wildman–Crippen LogP) is 3.23. The molecule has 1 rings (SSSR count). The largest absolute Gasteiger partial charge is 0.474 e. The number of aromatic nitrogens is 1. The van der Waals surface area contributed by atoms with Gasteiger partial charge in [-0.15, -0.1) is 11.3 Å². The molecule has 13 heavy (non-hydrogen) atoms. The number of ether oxygens (including phenoxy) is 1. The Kier molecular flexibility index (Phi) is 2.96. The molecule has 0 aliphatic carbocycles. The lowest BCUT2D eigenvalue weighted by molar-refractivity contribution is 0.229. The molecule has 0 aliphatic rings. The first-order valence-corrected chi connectivity index (χ1v) is 5.40. The minimum absolute atomic E-state index is 0.130. The zero-order valence-electron chi connectivity index (χ0n) is 8.92. The molecular weight excluding hydrogens is 182 g/mol. The van der Waals surface area contributed by atoms with Gasteiger partial charge in [0, 0.05) is 5.41 Å². The number of thiazole rings is 1. The maximum atomic E-state index is 5.61. The monoisotopic (exact) mass is 199 g/mol. The first kappa shape index (κ1) is 10.5. The van der Waals surface area contributed by atoms with E-state index in [1.165, 1.54) is 4.88 Å². The molecule has 0 N–H and O–H groups in total. The van der Waals surface area contributed by atoms with Crippen molar-refractivity contribution in [3.63, 3.8) is 0 Å². The van der Waals surface area contributed by atoms with E-state index in [0.717, 1.165) is 5.88 Å². The van der Waals surface area contributed by atoms with Crippen molar-refractivity contribution in [1.29, 1.82) is 0 Å². The lowest BCUT2D eigenvalue weighted by atomic mass is 9.95. The Morgan fingerprint density at radius 2 is 2.00 bits per heavy atom. The van der Waals surface area contributed by atoms with Gasteiger partial charge in [0.2, 0.25) is 5.88 Å². The van der Waals surface area contributed by atoms with E-state index in [9.17, 15) is 0 Å². The standard InChI is InChI=1S/C10H17NOS/c1-7(2)12-9-8(10(3,4)5)13-6-11-9/h6-7H,1-5H3. The maximum absolute atomic E-state index is 5.61. The van der Waals surface area contributed by atoms with Crippen molar-refractivity contribution >= 4 is 11.3 Å². The number of nitrogens with zero attached hydrogens (tertiary/aromatic N) is 1. The summed E-state index contributed by atoms with van der Waals surface area (Å²) in [4.78, 5) is 5.44. The van der Waals surface area contributed by atoms with Gasteiger partial charge in [-0.2, -0.15) is 0 Å². The highest BCUT2D eigenvalue weighted by atomic mass is 32.1. The van der Waals surface area contributed by atoms with E-state index < -0.39 is 0 Å². The molecule has 0 bridgehead atoms. The van der Waals surface area contributed by atoms with Gasteiger partial charge in [0.1, 0.15) is 0 Å². The van der Waals surface area contributed by atoms with E-state index in [1.54, 1.807) is 11.3 Å². The number of hydrogen-bond donors (Lipinski definition) is 0. The van der Waals surface area contributed by atoms with Crippen LogP contribution in [0, 0.1) is 0 Å². The molecule has 0 saturated carbocycles. The van der Waals surface area contributed by atoms with Crippen molar-refractivity contribution in [3.8, 4) is 5.88 Å². The van der Waals surface area contributed by atoms with Crippen LogP contribution >= 0.6 is 11.3 Å². The van der Waals surface area contributed by atoms with Crippen LogP contribution in [-0.4, -0.2) is 11.1 Å². The molecule has 3 heteroatoms. The zero-order chi connectivity index (χ0) is 10.1. The van der Waals surface area contributed by atoms with Gasteiger partial charge in [-0.25, -0.2) is 4.98 Å². The summed E-state index contributed by atoms with van der Waals surface area (Å²) in [5.74, 6) is 0.799. The third-order valence-corrected chi connectivity index (χ3v) is 2.80. The maximum Gasteiger partial charge on any atom is 0.228 e. The topological polar surface area (TPSA) is 22.1 Å². The van der Waals surface area contributed by atoms with E-state index in [-0.39, 0.29) is 11.5 Å². The number of rotatable bonds is 2. The van der Waals surface area contributed by atoms with Gasteiger partial charge in [0.05, 0.1) is 16.5 Å². The van der Waals surface area contributed by atoms with Crippen LogP contribution in [0.2, 0.25) is 0 Å². The first-order valence-electron chi connectivity index (χ1n) is 4.52. The lowest BCUT2D eigenvalue weighted by Crippen LogP contribution is -2.14. The van der Waals surface area contributed by atoms with Crippen molar-refractivity contribution < 1.29 is 4.74 Å². The second-order valence-corrected chi connectivity index (χ2v) is 5.26. The van der Waals surface area contributed by atoms with Crippen LogP contribution < -0.4 is 4.74 Å². The van der Waals surface area contributed by atoms with E-state index in [4.69, 9.17) is 4.74 Å². The Hall–Kier alpha value is -0.570. The summed E-state index contributed by atoms with van der Waals surface area (Å²) in [6, 6.07) is 0. The molecule has 1 aromatic rings. The zero-order valence-corrected chi connectivity index (χ0v) is 9.73. The van der Waals surface area contributed by atoms with Gasteiger partial charge in [0.25, 0.3) is 0 Å². The second-order valence-electron chi connectivity index (χ2n) is 4.40. The summed E-state index contributed by atoms with van der Waals surface area (Å²) in [5, 5.41) is 0. The van der Waals surface area contributed by atoms with Gasteiger partial charge in [0.15, 0.2) is 0 Å². The molecular formula is C10H17NOS. The highest BCUT2D eigenvalue weighted by molar-refractivity contribution is 7.10. The van der Waals surface area contributed by atoms with Crippen LogP contribution in [-0.2, 0) is 5.41 Å². The third-order valence-electron chi connectivity index (χ3n) is 1.56. The van der Waals surface area contributed by atoms with Gasteiger partial charge in [-0.3, -0.25) is 0 Å². The molecule has 0 amide bonds. The predicted molar refractivity (Wildman–Crippen MR) is 56.6 cm³/mol. The lowest BCUT2D eigenvalue weighted by Gasteiger charge is -2.18. The molecule has 2 nitrogen and oxygen atoms in total. The Balaban J connectivity index is 2.90. The Labute approximate surface area is 84.0 Å². The summed E-state index contributed by atoms with van der Waals surface area (Å²) < 4.78 is 5.61. The van der Waals surface area contributed by atoms with Crippen LogP contribution in [0.5, 0.6) is 5.88 Å². The fourth-order valence-corrected chi connectivity index (χ4v) is 1.85. The fraction of sp³-hybridized carbons (Fsp3) is 0.700. The Morgan fingerprint density at radius 1 is 1.38 bits per heavy atom. The third kappa shape index (κ3) is 2.69. The Morgan fingerprint density at radius 3 is 2.46 bits per heavy atom. The average Bonchev–Trinajstić information content (AvgIpc) is 2.31. The van der Waals surface area contributed by atoms with Crippen molar-refractivity contribution in [1.82, 2.24) is 4.98 Å². The quantitative estimate of drug-likeness (QED) is 0.729. The molecule has 0 atom stereocenters. The SMILES string of the molecule is CC(C)Oc1ncsc1C(C)(C)C. The molecule has 0 aliphatic heterocycles. The van der Waals surface area contributed by atoms with Crippen molar-refractivity contribution in [2.75, 3.05) is 0 Å².